The summed E-state index contributed by atoms with van der Waals surface area (Å²) in [5, 5.41) is 11.7. The molecule has 1 rings (SSSR count). The molecule has 0 aromatic heterocycles. The molecule has 3 amide bonds. The maximum Gasteiger partial charge on any atom is 0.245 e. The molecule has 0 aromatic carbocycles. The molecule has 7 nitrogen and oxygen atoms in total. The van der Waals surface area contributed by atoms with E-state index in [1.54, 1.807) is 5.48 Å². The van der Waals surface area contributed by atoms with Gasteiger partial charge in [0.15, 0.2) is 0 Å². The quantitative estimate of drug-likeness (QED) is 0.296. The minimum Gasteiger partial charge on any atom is -0.344 e. The van der Waals surface area contributed by atoms with Crippen LogP contribution in [0.4, 0.5) is 0 Å². The molecule has 1 aliphatic rings. The zero-order chi connectivity index (χ0) is 19.5. The van der Waals surface area contributed by atoms with Gasteiger partial charge in [0, 0.05) is 24.9 Å². The molecule has 0 aliphatic carbocycles. The SMILES string of the molecule is CCCCCC(CC(=O)NO)C(=O)NC(CCC)C(=O)N1CCCC1C. The van der Waals surface area contributed by atoms with Crippen LogP contribution in [0.25, 0.3) is 0 Å². The number of hydroxylamine groups is 1. The number of carbonyl (C=O) groups excluding carboxylic acids is 3. The summed E-state index contributed by atoms with van der Waals surface area (Å²) in [5.74, 6) is -1.41. The van der Waals surface area contributed by atoms with Gasteiger partial charge < -0.3 is 10.2 Å². The Kier molecular flexibility index (Phi) is 10.2. The number of rotatable bonds is 11. The standard InChI is InChI=1S/C19H35N3O4/c1-4-6-7-11-15(13-17(23)21-26)18(24)20-16(9-5-2)19(25)22-12-8-10-14(22)3/h14-16,26H,4-13H2,1-3H3,(H,20,24)(H,21,23). The predicted molar refractivity (Wildman–Crippen MR) is 99.4 cm³/mol. The number of unbranched alkanes of at least 4 members (excludes halogenated alkanes) is 2. The number of nitrogens with zero attached hydrogens (tertiary/aromatic N) is 1. The summed E-state index contributed by atoms with van der Waals surface area (Å²) < 4.78 is 0. The first-order chi connectivity index (χ1) is 12.4. The maximum atomic E-state index is 12.8. The van der Waals surface area contributed by atoms with Crippen LogP contribution in [0.15, 0.2) is 0 Å². The molecule has 0 aromatic rings. The minimum atomic E-state index is -0.576. The fourth-order valence-electron chi connectivity index (χ4n) is 3.53. The summed E-state index contributed by atoms with van der Waals surface area (Å²) in [7, 11) is 0. The third-order valence-corrected chi connectivity index (χ3v) is 5.11. The molecule has 7 heteroatoms. The van der Waals surface area contributed by atoms with E-state index in [-0.39, 0.29) is 24.3 Å². The lowest BCUT2D eigenvalue weighted by Gasteiger charge is -2.28. The van der Waals surface area contributed by atoms with Gasteiger partial charge in [-0.25, -0.2) is 5.48 Å². The van der Waals surface area contributed by atoms with E-state index >= 15 is 0 Å². The van der Waals surface area contributed by atoms with Crippen molar-refractivity contribution in [3.8, 4) is 0 Å². The lowest BCUT2D eigenvalue weighted by atomic mass is 9.95. The van der Waals surface area contributed by atoms with Gasteiger partial charge in [-0.2, -0.15) is 0 Å². The van der Waals surface area contributed by atoms with Gasteiger partial charge in [0.1, 0.15) is 6.04 Å². The van der Waals surface area contributed by atoms with E-state index in [9.17, 15) is 14.4 Å². The lowest BCUT2D eigenvalue weighted by Crippen LogP contribution is -2.51. The second-order valence-corrected chi connectivity index (χ2v) is 7.30. The third-order valence-electron chi connectivity index (χ3n) is 5.11. The highest BCUT2D eigenvalue weighted by Gasteiger charge is 2.32. The van der Waals surface area contributed by atoms with Crippen molar-refractivity contribution < 1.29 is 19.6 Å². The average molecular weight is 370 g/mol. The molecule has 1 aliphatic heterocycles. The highest BCUT2D eigenvalue weighted by atomic mass is 16.5. The van der Waals surface area contributed by atoms with Gasteiger partial charge in [0.25, 0.3) is 0 Å². The van der Waals surface area contributed by atoms with Crippen molar-refractivity contribution in [2.45, 2.75) is 90.6 Å². The lowest BCUT2D eigenvalue weighted by molar-refractivity contribution is -0.139. The average Bonchev–Trinajstić information content (AvgIpc) is 3.05. The van der Waals surface area contributed by atoms with Crippen LogP contribution < -0.4 is 10.8 Å². The molecule has 26 heavy (non-hydrogen) atoms. The Labute approximate surface area is 156 Å². The molecule has 1 saturated heterocycles. The van der Waals surface area contributed by atoms with E-state index in [1.165, 1.54) is 0 Å². The van der Waals surface area contributed by atoms with Gasteiger partial charge in [-0.05, 0) is 32.6 Å². The summed E-state index contributed by atoms with van der Waals surface area (Å²) >= 11 is 0. The largest absolute Gasteiger partial charge is 0.344 e. The summed E-state index contributed by atoms with van der Waals surface area (Å²) in [5.41, 5.74) is 1.60. The Bertz CT molecular complexity index is 470. The first kappa shape index (κ1) is 22.4. The van der Waals surface area contributed by atoms with Gasteiger partial charge in [0.05, 0.1) is 0 Å². The third kappa shape index (κ3) is 6.94. The van der Waals surface area contributed by atoms with Crippen molar-refractivity contribution in [3.05, 3.63) is 0 Å². The van der Waals surface area contributed by atoms with Gasteiger partial charge in [-0.1, -0.05) is 39.5 Å². The number of hydrogen-bond acceptors (Lipinski definition) is 4. The van der Waals surface area contributed by atoms with Gasteiger partial charge >= 0.3 is 0 Å². The van der Waals surface area contributed by atoms with Crippen LogP contribution in [0.3, 0.4) is 0 Å². The zero-order valence-corrected chi connectivity index (χ0v) is 16.4. The molecule has 3 atom stereocenters. The van der Waals surface area contributed by atoms with Crippen molar-refractivity contribution in [1.29, 1.82) is 0 Å². The number of hydrogen-bond donors (Lipinski definition) is 3. The second kappa shape index (κ2) is 11.9. The van der Waals surface area contributed by atoms with E-state index in [0.29, 0.717) is 12.8 Å². The van der Waals surface area contributed by atoms with E-state index in [0.717, 1.165) is 45.1 Å². The second-order valence-electron chi connectivity index (χ2n) is 7.30. The molecule has 0 spiro atoms. The first-order valence-corrected chi connectivity index (χ1v) is 9.98. The Morgan fingerprint density at radius 2 is 1.88 bits per heavy atom. The topological polar surface area (TPSA) is 98.7 Å². The summed E-state index contributed by atoms with van der Waals surface area (Å²) in [6.45, 7) is 6.83. The molecule has 3 unspecified atom stereocenters. The van der Waals surface area contributed by atoms with Gasteiger partial charge in [0.2, 0.25) is 17.7 Å². The van der Waals surface area contributed by atoms with Gasteiger partial charge in [-0.15, -0.1) is 0 Å². The van der Waals surface area contributed by atoms with Crippen LogP contribution in [0.1, 0.15) is 78.6 Å². The Morgan fingerprint density at radius 3 is 2.42 bits per heavy atom. The molecule has 0 radical (unpaired) electrons. The highest BCUT2D eigenvalue weighted by molar-refractivity contribution is 5.90. The molecule has 1 fully saturated rings. The fourth-order valence-corrected chi connectivity index (χ4v) is 3.53. The van der Waals surface area contributed by atoms with Crippen molar-refractivity contribution in [1.82, 2.24) is 15.7 Å². The smallest absolute Gasteiger partial charge is 0.245 e. The molecular formula is C19H35N3O4. The number of likely N-dealkylation sites (tertiary alicyclic amines) is 1. The molecular weight excluding hydrogens is 334 g/mol. The monoisotopic (exact) mass is 369 g/mol. The normalized spacial score (nSPS) is 19.1. The maximum absolute atomic E-state index is 12.8. The van der Waals surface area contributed by atoms with Crippen LogP contribution in [-0.2, 0) is 14.4 Å². The van der Waals surface area contributed by atoms with Gasteiger partial charge in [-0.3, -0.25) is 19.6 Å². The van der Waals surface area contributed by atoms with Crippen molar-refractivity contribution in [2.24, 2.45) is 5.92 Å². The summed E-state index contributed by atoms with van der Waals surface area (Å²) in [6.07, 6.45) is 6.70. The van der Waals surface area contributed by atoms with Crippen molar-refractivity contribution >= 4 is 17.7 Å². The van der Waals surface area contributed by atoms with Crippen LogP contribution >= 0.6 is 0 Å². The number of amides is 3. The predicted octanol–water partition coefficient (Wildman–Crippen LogP) is 2.37. The molecule has 150 valence electrons. The van der Waals surface area contributed by atoms with Crippen molar-refractivity contribution in [3.63, 3.8) is 0 Å². The van der Waals surface area contributed by atoms with E-state index < -0.39 is 17.9 Å². The highest BCUT2D eigenvalue weighted by Crippen LogP contribution is 2.20. The van der Waals surface area contributed by atoms with Crippen LogP contribution in [-0.4, -0.2) is 46.5 Å². The zero-order valence-electron chi connectivity index (χ0n) is 16.4. The molecule has 0 saturated carbocycles. The Morgan fingerprint density at radius 1 is 1.15 bits per heavy atom. The van der Waals surface area contributed by atoms with E-state index in [4.69, 9.17) is 5.21 Å². The Balaban J connectivity index is 2.75. The van der Waals surface area contributed by atoms with Crippen molar-refractivity contribution in [2.75, 3.05) is 6.54 Å². The minimum absolute atomic E-state index is 0.0240. The van der Waals surface area contributed by atoms with E-state index in [2.05, 4.69) is 12.2 Å². The molecule has 1 heterocycles. The first-order valence-electron chi connectivity index (χ1n) is 9.98. The fraction of sp³-hybridized carbons (Fsp3) is 0.842. The van der Waals surface area contributed by atoms with E-state index in [1.807, 2.05) is 18.7 Å². The summed E-state index contributed by atoms with van der Waals surface area (Å²) in [6, 6.07) is -0.335. The summed E-state index contributed by atoms with van der Waals surface area (Å²) in [4.78, 5) is 39.0. The molecule has 0 bridgehead atoms. The Hall–Kier alpha value is -1.63. The molecule has 3 N–H and O–H groups in total. The van der Waals surface area contributed by atoms with Crippen LogP contribution in [0, 0.1) is 5.92 Å². The van der Waals surface area contributed by atoms with Crippen LogP contribution in [0.5, 0.6) is 0 Å². The van der Waals surface area contributed by atoms with Crippen LogP contribution in [0.2, 0.25) is 0 Å². The number of carbonyl (C=O) groups is 3. The number of nitrogens with one attached hydrogen (secondary N) is 2.